The number of hydrogen-bond donors (Lipinski definition) is 1. The molecule has 102 valence electrons. The summed E-state index contributed by atoms with van der Waals surface area (Å²) in [5.74, 6) is 2.37. The Kier molecular flexibility index (Phi) is 3.89. The average molecular weight is 325 g/mol. The van der Waals surface area contributed by atoms with Crippen molar-refractivity contribution < 1.29 is 4.52 Å². The van der Waals surface area contributed by atoms with Gasteiger partial charge in [0.25, 0.3) is 0 Å². The Labute approximate surface area is 121 Å². The number of rotatable bonds is 3. The standard InChI is InChI=1S/C13H17BrN4O/c1-8-5-9(18-19-8)7-15-11-6-10(14)16-12(17-11)13(2,3)4/h5-6H,7H2,1-4H3,(H,15,16,17). The molecule has 1 N–H and O–H groups in total. The van der Waals surface area contributed by atoms with Crippen LogP contribution in [0.5, 0.6) is 0 Å². The van der Waals surface area contributed by atoms with Gasteiger partial charge in [0.05, 0.1) is 6.54 Å². The van der Waals surface area contributed by atoms with Gasteiger partial charge in [-0.15, -0.1) is 0 Å². The Hall–Kier alpha value is -1.43. The first kappa shape index (κ1) is 14.0. The molecule has 0 spiro atoms. The molecule has 0 aromatic carbocycles. The van der Waals surface area contributed by atoms with E-state index in [0.29, 0.717) is 6.54 Å². The molecule has 0 amide bonds. The summed E-state index contributed by atoms with van der Waals surface area (Å²) < 4.78 is 5.79. The molecule has 0 atom stereocenters. The Bertz CT molecular complexity index is 574. The highest BCUT2D eigenvalue weighted by Crippen LogP contribution is 2.22. The van der Waals surface area contributed by atoms with Gasteiger partial charge < -0.3 is 9.84 Å². The van der Waals surface area contributed by atoms with Gasteiger partial charge in [-0.05, 0) is 22.9 Å². The SMILES string of the molecule is Cc1cc(CNc2cc(Br)nc(C(C)(C)C)n2)no1. The first-order chi connectivity index (χ1) is 8.84. The highest BCUT2D eigenvalue weighted by Gasteiger charge is 2.18. The number of aryl methyl sites for hydroxylation is 1. The summed E-state index contributed by atoms with van der Waals surface area (Å²) in [5, 5.41) is 7.16. The molecule has 6 heteroatoms. The number of nitrogens with one attached hydrogen (secondary N) is 1. The molecule has 2 rings (SSSR count). The quantitative estimate of drug-likeness (QED) is 0.876. The molecule has 0 bridgehead atoms. The van der Waals surface area contributed by atoms with Gasteiger partial charge in [0.2, 0.25) is 0 Å². The van der Waals surface area contributed by atoms with Crippen molar-refractivity contribution >= 4 is 21.7 Å². The molecule has 2 aromatic rings. The lowest BCUT2D eigenvalue weighted by atomic mass is 9.96. The number of aromatic nitrogens is 3. The Morgan fingerprint density at radius 3 is 2.58 bits per heavy atom. The first-order valence-corrected chi connectivity index (χ1v) is 6.85. The summed E-state index contributed by atoms with van der Waals surface area (Å²) in [6.07, 6.45) is 0. The molecule has 0 fully saturated rings. The zero-order valence-corrected chi connectivity index (χ0v) is 13.1. The van der Waals surface area contributed by atoms with Crippen LogP contribution >= 0.6 is 15.9 Å². The largest absolute Gasteiger partial charge is 0.364 e. The highest BCUT2D eigenvalue weighted by molar-refractivity contribution is 9.10. The van der Waals surface area contributed by atoms with Gasteiger partial charge in [0, 0.05) is 17.5 Å². The van der Waals surface area contributed by atoms with E-state index >= 15 is 0 Å². The van der Waals surface area contributed by atoms with Crippen LogP contribution in [0, 0.1) is 6.92 Å². The molecular formula is C13H17BrN4O. The smallest absolute Gasteiger partial charge is 0.137 e. The van der Waals surface area contributed by atoms with E-state index in [1.807, 2.05) is 19.1 Å². The van der Waals surface area contributed by atoms with Gasteiger partial charge >= 0.3 is 0 Å². The summed E-state index contributed by atoms with van der Waals surface area (Å²) in [7, 11) is 0. The van der Waals surface area contributed by atoms with Crippen molar-refractivity contribution in [1.29, 1.82) is 0 Å². The van der Waals surface area contributed by atoms with E-state index in [-0.39, 0.29) is 5.41 Å². The van der Waals surface area contributed by atoms with Crippen molar-refractivity contribution in [1.82, 2.24) is 15.1 Å². The predicted molar refractivity (Wildman–Crippen MR) is 77.0 cm³/mol. The van der Waals surface area contributed by atoms with Crippen molar-refractivity contribution in [3.8, 4) is 0 Å². The molecule has 0 unspecified atom stereocenters. The van der Waals surface area contributed by atoms with Gasteiger partial charge in [-0.1, -0.05) is 25.9 Å². The van der Waals surface area contributed by atoms with E-state index in [0.717, 1.165) is 27.7 Å². The fraction of sp³-hybridized carbons (Fsp3) is 0.462. The minimum atomic E-state index is -0.0926. The molecule has 0 aliphatic rings. The minimum Gasteiger partial charge on any atom is -0.364 e. The van der Waals surface area contributed by atoms with Gasteiger partial charge in [0.1, 0.15) is 27.7 Å². The van der Waals surface area contributed by atoms with Crippen molar-refractivity contribution in [2.24, 2.45) is 0 Å². The summed E-state index contributed by atoms with van der Waals surface area (Å²) in [5.41, 5.74) is 0.759. The number of halogens is 1. The second kappa shape index (κ2) is 5.28. The highest BCUT2D eigenvalue weighted by atomic mass is 79.9. The maximum absolute atomic E-state index is 5.02. The van der Waals surface area contributed by atoms with Crippen LogP contribution in [0.2, 0.25) is 0 Å². The van der Waals surface area contributed by atoms with Crippen LogP contribution in [0.3, 0.4) is 0 Å². The van der Waals surface area contributed by atoms with Gasteiger partial charge in [-0.3, -0.25) is 0 Å². The second-order valence-corrected chi connectivity index (χ2v) is 6.24. The van der Waals surface area contributed by atoms with E-state index < -0.39 is 0 Å². The summed E-state index contributed by atoms with van der Waals surface area (Å²) in [6, 6.07) is 3.75. The fourth-order valence-electron chi connectivity index (χ4n) is 1.53. The zero-order valence-electron chi connectivity index (χ0n) is 11.5. The minimum absolute atomic E-state index is 0.0926. The van der Waals surface area contributed by atoms with E-state index in [1.54, 1.807) is 0 Å². The molecule has 0 aliphatic heterocycles. The maximum Gasteiger partial charge on any atom is 0.137 e. The molecular weight excluding hydrogens is 308 g/mol. The molecule has 0 saturated carbocycles. The Balaban J connectivity index is 2.14. The van der Waals surface area contributed by atoms with Crippen LogP contribution < -0.4 is 5.32 Å². The van der Waals surface area contributed by atoms with Gasteiger partial charge in [0.15, 0.2) is 0 Å². The zero-order chi connectivity index (χ0) is 14.0. The first-order valence-electron chi connectivity index (χ1n) is 6.06. The van der Waals surface area contributed by atoms with Crippen LogP contribution in [-0.4, -0.2) is 15.1 Å². The monoisotopic (exact) mass is 324 g/mol. The molecule has 0 aliphatic carbocycles. The van der Waals surface area contributed by atoms with Crippen molar-refractivity contribution in [2.45, 2.75) is 39.7 Å². The van der Waals surface area contributed by atoms with Crippen LogP contribution in [0.15, 0.2) is 21.3 Å². The third-order valence-electron chi connectivity index (χ3n) is 2.49. The average Bonchev–Trinajstić information content (AvgIpc) is 2.71. The summed E-state index contributed by atoms with van der Waals surface area (Å²) in [6.45, 7) is 8.69. The van der Waals surface area contributed by atoms with Crippen LogP contribution in [-0.2, 0) is 12.0 Å². The topological polar surface area (TPSA) is 63.8 Å². The molecule has 5 nitrogen and oxygen atoms in total. The van der Waals surface area contributed by atoms with Crippen molar-refractivity contribution in [3.63, 3.8) is 0 Å². The maximum atomic E-state index is 5.02. The van der Waals surface area contributed by atoms with Gasteiger partial charge in [-0.2, -0.15) is 0 Å². The number of anilines is 1. The summed E-state index contributed by atoms with van der Waals surface area (Å²) >= 11 is 3.41. The number of hydrogen-bond acceptors (Lipinski definition) is 5. The van der Waals surface area contributed by atoms with Gasteiger partial charge in [-0.25, -0.2) is 9.97 Å². The lowest BCUT2D eigenvalue weighted by Crippen LogP contribution is -2.17. The Morgan fingerprint density at radius 1 is 1.26 bits per heavy atom. The van der Waals surface area contributed by atoms with Crippen molar-refractivity contribution in [3.05, 3.63) is 34.0 Å². The lowest BCUT2D eigenvalue weighted by molar-refractivity contribution is 0.391. The second-order valence-electron chi connectivity index (χ2n) is 5.43. The molecule has 0 radical (unpaired) electrons. The molecule has 19 heavy (non-hydrogen) atoms. The van der Waals surface area contributed by atoms with Crippen LogP contribution in [0.1, 0.15) is 38.0 Å². The predicted octanol–water partition coefficient (Wildman–Crippen LogP) is 3.45. The molecule has 0 saturated heterocycles. The van der Waals surface area contributed by atoms with Crippen LogP contribution in [0.25, 0.3) is 0 Å². The molecule has 2 aromatic heterocycles. The number of nitrogens with zero attached hydrogens (tertiary/aromatic N) is 3. The lowest BCUT2D eigenvalue weighted by Gasteiger charge is -2.17. The van der Waals surface area contributed by atoms with E-state index in [4.69, 9.17) is 4.52 Å². The van der Waals surface area contributed by atoms with E-state index in [1.165, 1.54) is 0 Å². The normalized spacial score (nSPS) is 11.6. The third kappa shape index (κ3) is 3.76. The third-order valence-corrected chi connectivity index (χ3v) is 2.90. The van der Waals surface area contributed by atoms with Crippen LogP contribution in [0.4, 0.5) is 5.82 Å². The van der Waals surface area contributed by atoms with Crippen molar-refractivity contribution in [2.75, 3.05) is 5.32 Å². The fourth-order valence-corrected chi connectivity index (χ4v) is 1.91. The summed E-state index contributed by atoms with van der Waals surface area (Å²) in [4.78, 5) is 8.91. The van der Waals surface area contributed by atoms with E-state index in [2.05, 4.69) is 57.1 Å². The van der Waals surface area contributed by atoms with E-state index in [9.17, 15) is 0 Å². The Morgan fingerprint density at radius 2 is 2.00 bits per heavy atom. The molecule has 2 heterocycles.